The van der Waals surface area contributed by atoms with Crippen LogP contribution in [0.15, 0.2) is 24.3 Å². The van der Waals surface area contributed by atoms with Crippen molar-refractivity contribution in [3.05, 3.63) is 35.4 Å². The van der Waals surface area contributed by atoms with E-state index in [9.17, 15) is 4.79 Å². The van der Waals surface area contributed by atoms with Crippen molar-refractivity contribution in [2.24, 2.45) is 11.7 Å². The summed E-state index contributed by atoms with van der Waals surface area (Å²) < 4.78 is 0. The highest BCUT2D eigenvalue weighted by Gasteiger charge is 2.26. The van der Waals surface area contributed by atoms with Crippen molar-refractivity contribution >= 4 is 5.91 Å². The summed E-state index contributed by atoms with van der Waals surface area (Å²) in [5, 5.41) is 8.96. The smallest absolute Gasteiger partial charge is 0.253 e. The van der Waals surface area contributed by atoms with Crippen LogP contribution in [0.4, 0.5) is 0 Å². The number of rotatable bonds is 3. The van der Waals surface area contributed by atoms with E-state index in [4.69, 9.17) is 10.8 Å². The number of hydrogen-bond acceptors (Lipinski definition) is 3. The summed E-state index contributed by atoms with van der Waals surface area (Å²) in [5.74, 6) is 6.19. The van der Waals surface area contributed by atoms with Gasteiger partial charge >= 0.3 is 0 Å². The standard InChI is InChI=1S/C16H20N2O2/c17-8-2-4-13-3-1-5-15(11-13)16(20)18-9-6-14(12-18)7-10-19/h1,3,5,11,14,19H,6-10,12,17H2. The zero-order chi connectivity index (χ0) is 14.4. The van der Waals surface area contributed by atoms with Crippen LogP contribution >= 0.6 is 0 Å². The summed E-state index contributed by atoms with van der Waals surface area (Å²) in [6.07, 6.45) is 1.74. The SMILES string of the molecule is NCC#Cc1cccc(C(=O)N2CCC(CCO)C2)c1. The van der Waals surface area contributed by atoms with Crippen molar-refractivity contribution in [2.45, 2.75) is 12.8 Å². The third-order valence-corrected chi connectivity index (χ3v) is 3.55. The van der Waals surface area contributed by atoms with Gasteiger partial charge in [-0.2, -0.15) is 0 Å². The molecule has 1 atom stereocenters. The maximum Gasteiger partial charge on any atom is 0.253 e. The van der Waals surface area contributed by atoms with Gasteiger partial charge in [0.25, 0.3) is 5.91 Å². The van der Waals surface area contributed by atoms with Gasteiger partial charge in [-0.15, -0.1) is 0 Å². The number of amides is 1. The summed E-state index contributed by atoms with van der Waals surface area (Å²) in [6.45, 7) is 2.00. The van der Waals surface area contributed by atoms with E-state index in [1.807, 2.05) is 29.2 Å². The number of hydrogen-bond donors (Lipinski definition) is 2. The molecule has 1 aromatic rings. The summed E-state index contributed by atoms with van der Waals surface area (Å²) in [5.41, 5.74) is 6.83. The lowest BCUT2D eigenvalue weighted by molar-refractivity contribution is 0.0784. The lowest BCUT2D eigenvalue weighted by Crippen LogP contribution is -2.28. The molecule has 0 aliphatic carbocycles. The molecule has 1 saturated heterocycles. The molecular weight excluding hydrogens is 252 g/mol. The largest absolute Gasteiger partial charge is 0.396 e. The molecule has 3 N–H and O–H groups in total. The zero-order valence-electron chi connectivity index (χ0n) is 11.5. The van der Waals surface area contributed by atoms with Crippen molar-refractivity contribution in [1.82, 2.24) is 4.90 Å². The normalized spacial score (nSPS) is 17.7. The maximum atomic E-state index is 12.4. The lowest BCUT2D eigenvalue weighted by atomic mass is 10.1. The fourth-order valence-corrected chi connectivity index (χ4v) is 2.50. The minimum Gasteiger partial charge on any atom is -0.396 e. The molecule has 1 unspecified atom stereocenters. The van der Waals surface area contributed by atoms with Gasteiger partial charge in [0.05, 0.1) is 6.54 Å². The maximum absolute atomic E-state index is 12.4. The van der Waals surface area contributed by atoms with Crippen LogP contribution in [0.2, 0.25) is 0 Å². The number of nitrogens with zero attached hydrogens (tertiary/aromatic N) is 1. The predicted molar refractivity (Wildman–Crippen MR) is 78.1 cm³/mol. The molecule has 0 bridgehead atoms. The molecule has 0 aromatic heterocycles. The third-order valence-electron chi connectivity index (χ3n) is 3.55. The number of likely N-dealkylation sites (tertiary alicyclic amines) is 1. The first-order valence-electron chi connectivity index (χ1n) is 6.93. The summed E-state index contributed by atoms with van der Waals surface area (Å²) in [6, 6.07) is 7.34. The van der Waals surface area contributed by atoms with E-state index in [1.54, 1.807) is 0 Å². The fraction of sp³-hybridized carbons (Fsp3) is 0.438. The Morgan fingerprint density at radius 2 is 2.35 bits per heavy atom. The van der Waals surface area contributed by atoms with Crippen molar-refractivity contribution in [2.75, 3.05) is 26.2 Å². The number of carbonyl (C=O) groups is 1. The van der Waals surface area contributed by atoms with Crippen LogP contribution in [0.1, 0.15) is 28.8 Å². The topological polar surface area (TPSA) is 66.6 Å². The molecular formula is C16H20N2O2. The van der Waals surface area contributed by atoms with Crippen LogP contribution in [-0.2, 0) is 0 Å². The number of nitrogens with two attached hydrogens (primary N) is 1. The van der Waals surface area contributed by atoms with Crippen LogP contribution < -0.4 is 5.73 Å². The van der Waals surface area contributed by atoms with Crippen molar-refractivity contribution in [1.29, 1.82) is 0 Å². The molecule has 1 aliphatic heterocycles. The molecule has 0 spiro atoms. The van der Waals surface area contributed by atoms with Crippen LogP contribution in [0.5, 0.6) is 0 Å². The minimum atomic E-state index is 0.0434. The molecule has 1 aromatic carbocycles. The highest BCUT2D eigenvalue weighted by atomic mass is 16.3. The Bertz CT molecular complexity index is 531. The molecule has 20 heavy (non-hydrogen) atoms. The monoisotopic (exact) mass is 272 g/mol. The predicted octanol–water partition coefficient (Wildman–Crippen LogP) is 0.841. The first kappa shape index (κ1) is 14.6. The summed E-state index contributed by atoms with van der Waals surface area (Å²) in [4.78, 5) is 14.3. The Morgan fingerprint density at radius 1 is 1.50 bits per heavy atom. The molecule has 4 heteroatoms. The summed E-state index contributed by atoms with van der Waals surface area (Å²) >= 11 is 0. The molecule has 0 saturated carbocycles. The Labute approximate surface area is 119 Å². The second-order valence-electron chi connectivity index (χ2n) is 5.00. The van der Waals surface area contributed by atoms with Gasteiger partial charge < -0.3 is 15.7 Å². The molecule has 1 amide bonds. The van der Waals surface area contributed by atoms with Gasteiger partial charge in [0.15, 0.2) is 0 Å². The van der Waals surface area contributed by atoms with Gasteiger partial charge in [-0.3, -0.25) is 4.79 Å². The van der Waals surface area contributed by atoms with E-state index >= 15 is 0 Å². The Kier molecular flexibility index (Phi) is 5.16. The highest BCUT2D eigenvalue weighted by Crippen LogP contribution is 2.21. The van der Waals surface area contributed by atoms with E-state index in [-0.39, 0.29) is 12.5 Å². The molecule has 1 fully saturated rings. The molecule has 4 nitrogen and oxygen atoms in total. The van der Waals surface area contributed by atoms with E-state index < -0.39 is 0 Å². The average Bonchev–Trinajstić information content (AvgIpc) is 2.93. The van der Waals surface area contributed by atoms with Gasteiger partial charge in [-0.25, -0.2) is 0 Å². The summed E-state index contributed by atoms with van der Waals surface area (Å²) in [7, 11) is 0. The van der Waals surface area contributed by atoms with Crippen LogP contribution in [0.3, 0.4) is 0 Å². The van der Waals surface area contributed by atoms with E-state index in [0.29, 0.717) is 18.0 Å². The first-order valence-corrected chi connectivity index (χ1v) is 6.93. The quantitative estimate of drug-likeness (QED) is 0.801. The number of aliphatic hydroxyl groups is 1. The van der Waals surface area contributed by atoms with Crippen molar-refractivity contribution in [3.8, 4) is 11.8 Å². The van der Waals surface area contributed by atoms with Gasteiger partial charge in [0.1, 0.15) is 0 Å². The second-order valence-corrected chi connectivity index (χ2v) is 5.00. The molecule has 0 radical (unpaired) electrons. The molecule has 2 rings (SSSR count). The number of carbonyl (C=O) groups excluding carboxylic acids is 1. The van der Waals surface area contributed by atoms with Gasteiger partial charge in [-0.05, 0) is 37.0 Å². The van der Waals surface area contributed by atoms with E-state index in [2.05, 4.69) is 11.8 Å². The Balaban J connectivity index is 2.06. The van der Waals surface area contributed by atoms with E-state index in [0.717, 1.165) is 31.5 Å². The van der Waals surface area contributed by atoms with Gasteiger partial charge in [0, 0.05) is 30.8 Å². The zero-order valence-corrected chi connectivity index (χ0v) is 11.5. The minimum absolute atomic E-state index is 0.0434. The van der Waals surface area contributed by atoms with Crippen LogP contribution in [0, 0.1) is 17.8 Å². The number of benzene rings is 1. The second kappa shape index (κ2) is 7.09. The van der Waals surface area contributed by atoms with Gasteiger partial charge in [-0.1, -0.05) is 17.9 Å². The third kappa shape index (κ3) is 3.60. The number of aliphatic hydroxyl groups excluding tert-OH is 1. The van der Waals surface area contributed by atoms with Gasteiger partial charge in [0.2, 0.25) is 0 Å². The molecule has 1 heterocycles. The Morgan fingerprint density at radius 3 is 3.10 bits per heavy atom. The lowest BCUT2D eigenvalue weighted by Gasteiger charge is -2.16. The highest BCUT2D eigenvalue weighted by molar-refractivity contribution is 5.94. The van der Waals surface area contributed by atoms with Crippen LogP contribution in [-0.4, -0.2) is 42.2 Å². The molecule has 1 aliphatic rings. The average molecular weight is 272 g/mol. The molecule has 106 valence electrons. The Hall–Kier alpha value is -1.83. The van der Waals surface area contributed by atoms with Crippen molar-refractivity contribution < 1.29 is 9.90 Å². The van der Waals surface area contributed by atoms with E-state index in [1.165, 1.54) is 0 Å². The van der Waals surface area contributed by atoms with Crippen LogP contribution in [0.25, 0.3) is 0 Å². The fourth-order valence-electron chi connectivity index (χ4n) is 2.50. The van der Waals surface area contributed by atoms with Crippen molar-refractivity contribution in [3.63, 3.8) is 0 Å². The first-order chi connectivity index (χ1) is 9.74.